The molecule has 7 nitrogen and oxygen atoms in total. The largest absolute Gasteiger partial charge is 0.494 e. The lowest BCUT2D eigenvalue weighted by Gasteiger charge is -2.09. The smallest absolute Gasteiger partial charge is 0.345 e. The zero-order chi connectivity index (χ0) is 18.2. The first-order valence-corrected chi connectivity index (χ1v) is 7.85. The zero-order valence-electron chi connectivity index (χ0n) is 13.4. The normalized spacial score (nSPS) is 10.2. The first-order chi connectivity index (χ1) is 12.0. The third-order valence-electron chi connectivity index (χ3n) is 3.10. The van der Waals surface area contributed by atoms with Crippen molar-refractivity contribution in [3.05, 3.63) is 63.2 Å². The van der Waals surface area contributed by atoms with E-state index in [1.54, 1.807) is 24.3 Å². The van der Waals surface area contributed by atoms with Gasteiger partial charge in [0.05, 0.1) is 11.5 Å². The van der Waals surface area contributed by atoms with Gasteiger partial charge in [0.1, 0.15) is 30.3 Å². The van der Waals surface area contributed by atoms with Gasteiger partial charge in [-0.05, 0) is 43.3 Å². The second-order valence-corrected chi connectivity index (χ2v) is 5.24. The quantitative estimate of drug-likeness (QED) is 0.305. The van der Waals surface area contributed by atoms with E-state index in [0.717, 1.165) is 11.8 Å². The van der Waals surface area contributed by atoms with Crippen LogP contribution >= 0.6 is 11.6 Å². The Hall–Kier alpha value is -2.80. The van der Waals surface area contributed by atoms with Gasteiger partial charge >= 0.3 is 5.97 Å². The van der Waals surface area contributed by atoms with Crippen LogP contribution in [0.15, 0.2) is 42.5 Å². The van der Waals surface area contributed by atoms with E-state index in [4.69, 9.17) is 25.8 Å². The highest BCUT2D eigenvalue weighted by atomic mass is 35.5. The average Bonchev–Trinajstić information content (AvgIpc) is 2.59. The Bertz CT molecular complexity index is 747. The second-order valence-electron chi connectivity index (χ2n) is 4.81. The molecule has 0 radical (unpaired) electrons. The highest BCUT2D eigenvalue weighted by Gasteiger charge is 2.21. The molecule has 132 valence electrons. The summed E-state index contributed by atoms with van der Waals surface area (Å²) in [5.74, 6) is 0.493. The molecule has 0 aromatic heterocycles. The number of nitrogens with zero attached hydrogens (tertiary/aromatic N) is 1. The molecule has 0 saturated heterocycles. The number of hydrogen-bond acceptors (Lipinski definition) is 6. The van der Waals surface area contributed by atoms with E-state index >= 15 is 0 Å². The molecular formula is C17H16ClNO6. The monoisotopic (exact) mass is 365 g/mol. The van der Waals surface area contributed by atoms with Gasteiger partial charge in [-0.25, -0.2) is 4.79 Å². The van der Waals surface area contributed by atoms with Gasteiger partial charge in [-0.15, -0.1) is 0 Å². The fourth-order valence-electron chi connectivity index (χ4n) is 2.00. The number of carbonyl (C=O) groups excluding carboxylic acids is 1. The maximum atomic E-state index is 12.0. The maximum Gasteiger partial charge on any atom is 0.345 e. The molecule has 0 aliphatic heterocycles. The Labute approximate surface area is 149 Å². The van der Waals surface area contributed by atoms with Crippen molar-refractivity contribution in [2.45, 2.75) is 6.92 Å². The van der Waals surface area contributed by atoms with Gasteiger partial charge in [-0.2, -0.15) is 0 Å². The summed E-state index contributed by atoms with van der Waals surface area (Å²) in [5.41, 5.74) is -0.555. The lowest BCUT2D eigenvalue weighted by Crippen LogP contribution is -2.13. The number of nitro groups is 1. The van der Waals surface area contributed by atoms with Crippen LogP contribution in [0, 0.1) is 10.1 Å². The van der Waals surface area contributed by atoms with E-state index in [-0.39, 0.29) is 29.5 Å². The molecule has 8 heteroatoms. The van der Waals surface area contributed by atoms with Crippen molar-refractivity contribution < 1.29 is 23.9 Å². The maximum absolute atomic E-state index is 12.0. The summed E-state index contributed by atoms with van der Waals surface area (Å²) in [5, 5.41) is 11.2. The van der Waals surface area contributed by atoms with Crippen LogP contribution in [0.3, 0.4) is 0 Å². The molecule has 0 N–H and O–H groups in total. The summed E-state index contributed by atoms with van der Waals surface area (Å²) in [4.78, 5) is 22.3. The Morgan fingerprint density at radius 3 is 2.32 bits per heavy atom. The number of carbonyl (C=O) groups is 1. The van der Waals surface area contributed by atoms with Gasteiger partial charge in [-0.3, -0.25) is 10.1 Å². The predicted octanol–water partition coefficient (Wildman–Crippen LogP) is 3.88. The van der Waals surface area contributed by atoms with Gasteiger partial charge in [-0.1, -0.05) is 11.6 Å². The predicted molar refractivity (Wildman–Crippen MR) is 91.5 cm³/mol. The molecule has 0 unspecified atom stereocenters. The SMILES string of the molecule is CCOc1ccc(OCCOC(=O)c2cc(Cl)ccc2[N+](=O)[O-])cc1. The third kappa shape index (κ3) is 5.36. The molecule has 0 fully saturated rings. The van der Waals surface area contributed by atoms with Crippen LogP contribution in [0.4, 0.5) is 5.69 Å². The third-order valence-corrected chi connectivity index (χ3v) is 3.33. The van der Waals surface area contributed by atoms with Crippen LogP contribution in [0.1, 0.15) is 17.3 Å². The summed E-state index contributed by atoms with van der Waals surface area (Å²) >= 11 is 5.78. The van der Waals surface area contributed by atoms with Crippen molar-refractivity contribution in [3.8, 4) is 11.5 Å². The second kappa shape index (κ2) is 8.89. The first kappa shape index (κ1) is 18.5. The summed E-state index contributed by atoms with van der Waals surface area (Å²) in [6.45, 7) is 2.51. The molecule has 2 rings (SSSR count). The number of hydrogen-bond donors (Lipinski definition) is 0. The van der Waals surface area contributed by atoms with E-state index in [1.807, 2.05) is 6.92 Å². The zero-order valence-corrected chi connectivity index (χ0v) is 14.2. The molecule has 0 aliphatic rings. The summed E-state index contributed by atoms with van der Waals surface area (Å²) in [6, 6.07) is 10.7. The Balaban J connectivity index is 1.86. The highest BCUT2D eigenvalue weighted by molar-refractivity contribution is 6.31. The van der Waals surface area contributed by atoms with Crippen LogP contribution in [0.5, 0.6) is 11.5 Å². The first-order valence-electron chi connectivity index (χ1n) is 7.48. The van der Waals surface area contributed by atoms with Crippen LogP contribution in [0.2, 0.25) is 5.02 Å². The van der Waals surface area contributed by atoms with E-state index in [9.17, 15) is 14.9 Å². The van der Waals surface area contributed by atoms with Crippen molar-refractivity contribution in [2.24, 2.45) is 0 Å². The van der Waals surface area contributed by atoms with Crippen molar-refractivity contribution in [1.29, 1.82) is 0 Å². The molecule has 0 heterocycles. The lowest BCUT2D eigenvalue weighted by atomic mass is 10.2. The minimum absolute atomic E-state index is 0.0598. The molecule has 2 aromatic rings. The lowest BCUT2D eigenvalue weighted by molar-refractivity contribution is -0.385. The van der Waals surface area contributed by atoms with Crippen molar-refractivity contribution in [3.63, 3.8) is 0 Å². The van der Waals surface area contributed by atoms with Gasteiger partial charge < -0.3 is 14.2 Å². The van der Waals surface area contributed by atoms with Crippen LogP contribution in [-0.2, 0) is 4.74 Å². The minimum atomic E-state index is -0.829. The summed E-state index contributed by atoms with van der Waals surface area (Å²) < 4.78 is 15.8. The number of benzene rings is 2. The Kier molecular flexibility index (Phi) is 6.59. The van der Waals surface area contributed by atoms with Crippen molar-refractivity contribution >= 4 is 23.3 Å². The molecular weight excluding hydrogens is 350 g/mol. The molecule has 0 saturated carbocycles. The van der Waals surface area contributed by atoms with Crippen LogP contribution in [0.25, 0.3) is 0 Å². The molecule has 2 aromatic carbocycles. The molecule has 0 atom stereocenters. The fourth-order valence-corrected chi connectivity index (χ4v) is 2.17. The Morgan fingerprint density at radius 1 is 1.08 bits per heavy atom. The minimum Gasteiger partial charge on any atom is -0.494 e. The topological polar surface area (TPSA) is 87.9 Å². The van der Waals surface area contributed by atoms with E-state index in [1.165, 1.54) is 12.1 Å². The van der Waals surface area contributed by atoms with Crippen LogP contribution in [-0.4, -0.2) is 30.7 Å². The van der Waals surface area contributed by atoms with Gasteiger partial charge in [0.2, 0.25) is 0 Å². The van der Waals surface area contributed by atoms with Crippen LogP contribution < -0.4 is 9.47 Å². The molecule has 25 heavy (non-hydrogen) atoms. The van der Waals surface area contributed by atoms with Gasteiger partial charge in [0.15, 0.2) is 0 Å². The van der Waals surface area contributed by atoms with E-state index < -0.39 is 10.9 Å². The number of ether oxygens (including phenoxy) is 3. The average molecular weight is 366 g/mol. The van der Waals surface area contributed by atoms with E-state index in [2.05, 4.69) is 0 Å². The molecule has 0 bridgehead atoms. The number of esters is 1. The van der Waals surface area contributed by atoms with Gasteiger partial charge in [0, 0.05) is 11.1 Å². The fraction of sp³-hybridized carbons (Fsp3) is 0.235. The van der Waals surface area contributed by atoms with E-state index in [0.29, 0.717) is 12.4 Å². The summed E-state index contributed by atoms with van der Waals surface area (Å²) in [6.07, 6.45) is 0. The summed E-state index contributed by atoms with van der Waals surface area (Å²) in [7, 11) is 0. The molecule has 0 spiro atoms. The molecule has 0 aliphatic carbocycles. The van der Waals surface area contributed by atoms with Crippen molar-refractivity contribution in [2.75, 3.05) is 19.8 Å². The number of nitro benzene ring substituents is 1. The highest BCUT2D eigenvalue weighted by Crippen LogP contribution is 2.23. The van der Waals surface area contributed by atoms with Gasteiger partial charge in [0.25, 0.3) is 5.69 Å². The number of rotatable bonds is 8. The standard InChI is InChI=1S/C17H16ClNO6/c1-2-23-13-4-6-14(7-5-13)24-9-10-25-17(20)15-11-12(18)3-8-16(15)19(21)22/h3-8,11H,2,9-10H2,1H3. The number of halogens is 1. The van der Waals surface area contributed by atoms with Crippen molar-refractivity contribution in [1.82, 2.24) is 0 Å². The molecule has 0 amide bonds. The Morgan fingerprint density at radius 2 is 1.72 bits per heavy atom.